The van der Waals surface area contributed by atoms with E-state index in [1.54, 1.807) is 23.3 Å². The van der Waals surface area contributed by atoms with E-state index in [4.69, 9.17) is 30.6 Å². The lowest BCUT2D eigenvalue weighted by Crippen LogP contribution is -2.15. The summed E-state index contributed by atoms with van der Waals surface area (Å²) in [4.78, 5) is 25.0. The standard InChI is InChI=1S/C20H15F3N4.2HNO3/c21-20(22,23)17-5-1-3-14(9-17)10-19(27-13-24-12-26-27)16-6-7-18-15(11-16)4-2-8-25-18;2*2-1(3)4/h1-9,11-13,19H,10H2;2*(H,2,3,4). The van der Waals surface area contributed by atoms with E-state index in [1.165, 1.54) is 18.5 Å². The Bertz CT molecular complexity index is 1250. The van der Waals surface area contributed by atoms with Crippen LogP contribution in [-0.4, -0.2) is 40.3 Å². The third-order valence-corrected chi connectivity index (χ3v) is 4.45. The minimum Gasteiger partial charge on any atom is -0.328 e. The first-order valence-electron chi connectivity index (χ1n) is 9.49. The number of hydrogen-bond acceptors (Lipinski definition) is 7. The molecule has 12 nitrogen and oxygen atoms in total. The zero-order valence-electron chi connectivity index (χ0n) is 17.6. The van der Waals surface area contributed by atoms with Crippen molar-refractivity contribution < 1.29 is 33.8 Å². The monoisotopic (exact) mass is 494 g/mol. The predicted molar refractivity (Wildman–Crippen MR) is 113 cm³/mol. The summed E-state index contributed by atoms with van der Waals surface area (Å²) in [6.07, 6.45) is 0.708. The van der Waals surface area contributed by atoms with E-state index in [1.807, 2.05) is 30.3 Å². The summed E-state index contributed by atoms with van der Waals surface area (Å²) in [5.41, 5.74) is 1.72. The van der Waals surface area contributed by atoms with Crippen LogP contribution in [0.1, 0.15) is 22.7 Å². The van der Waals surface area contributed by atoms with Gasteiger partial charge in [-0.15, -0.1) is 20.2 Å². The minimum atomic E-state index is -4.37. The van der Waals surface area contributed by atoms with Crippen molar-refractivity contribution >= 4 is 10.9 Å². The van der Waals surface area contributed by atoms with Gasteiger partial charge >= 0.3 is 6.18 Å². The quantitative estimate of drug-likeness (QED) is 0.314. The molecule has 4 rings (SSSR count). The summed E-state index contributed by atoms with van der Waals surface area (Å²) in [6, 6.07) is 14.7. The number of pyridine rings is 1. The van der Waals surface area contributed by atoms with Crippen LogP contribution in [0.15, 0.2) is 73.4 Å². The first-order valence-corrected chi connectivity index (χ1v) is 9.49. The van der Waals surface area contributed by atoms with Gasteiger partial charge in [0.1, 0.15) is 12.7 Å². The Kier molecular flexibility index (Phi) is 8.97. The smallest absolute Gasteiger partial charge is 0.328 e. The molecule has 0 bridgehead atoms. The van der Waals surface area contributed by atoms with Gasteiger partial charge < -0.3 is 10.4 Å². The zero-order valence-corrected chi connectivity index (χ0v) is 17.6. The van der Waals surface area contributed by atoms with Crippen LogP contribution in [-0.2, 0) is 12.6 Å². The normalized spacial score (nSPS) is 11.4. The molecule has 1 atom stereocenters. The summed E-state index contributed by atoms with van der Waals surface area (Å²) >= 11 is 0. The Hall–Kier alpha value is -4.82. The molecular formula is C20H17F3N6O6. The minimum absolute atomic E-state index is 0.277. The van der Waals surface area contributed by atoms with Crippen LogP contribution in [0.25, 0.3) is 10.9 Å². The number of hydrogen-bond donors (Lipinski definition) is 2. The maximum absolute atomic E-state index is 13.0. The highest BCUT2D eigenvalue weighted by Crippen LogP contribution is 2.31. The molecule has 184 valence electrons. The van der Waals surface area contributed by atoms with Gasteiger partial charge in [-0.2, -0.15) is 18.3 Å². The lowest BCUT2D eigenvalue weighted by molar-refractivity contribution is -0.742. The van der Waals surface area contributed by atoms with E-state index < -0.39 is 21.9 Å². The summed E-state index contributed by atoms with van der Waals surface area (Å²) in [5, 5.41) is 32.4. The zero-order chi connectivity index (χ0) is 26.0. The maximum atomic E-state index is 13.0. The van der Waals surface area contributed by atoms with Gasteiger partial charge in [0.2, 0.25) is 0 Å². The number of aromatic nitrogens is 4. The van der Waals surface area contributed by atoms with Crippen molar-refractivity contribution in [2.75, 3.05) is 0 Å². The summed E-state index contributed by atoms with van der Waals surface area (Å²) in [6.45, 7) is 0. The third-order valence-electron chi connectivity index (χ3n) is 4.45. The Labute approximate surface area is 194 Å². The molecule has 0 saturated heterocycles. The van der Waals surface area contributed by atoms with E-state index >= 15 is 0 Å². The summed E-state index contributed by atoms with van der Waals surface area (Å²) in [7, 11) is 0. The molecule has 0 aliphatic carbocycles. The van der Waals surface area contributed by atoms with Crippen LogP contribution in [0.4, 0.5) is 13.2 Å². The van der Waals surface area contributed by atoms with Crippen LogP contribution in [0.3, 0.4) is 0 Å². The van der Waals surface area contributed by atoms with Gasteiger partial charge in [0.25, 0.3) is 10.2 Å². The van der Waals surface area contributed by atoms with Crippen LogP contribution in [0.5, 0.6) is 0 Å². The summed E-state index contributed by atoms with van der Waals surface area (Å²) < 4.78 is 40.8. The predicted octanol–water partition coefficient (Wildman–Crippen LogP) is 3.98. The van der Waals surface area contributed by atoms with Gasteiger partial charge in [0.15, 0.2) is 0 Å². The highest BCUT2D eigenvalue weighted by Gasteiger charge is 2.30. The molecule has 0 spiro atoms. The lowest BCUT2D eigenvalue weighted by atomic mass is 9.96. The third kappa shape index (κ3) is 8.56. The molecule has 2 aromatic carbocycles. The maximum Gasteiger partial charge on any atom is 0.416 e. The Morgan fingerprint density at radius 1 is 1.00 bits per heavy atom. The number of halogens is 3. The SMILES string of the molecule is FC(F)(F)c1cccc(CC(c2ccc3ncccc3c2)n2cncn2)c1.O=[N+]([O-])O.O=[N+]([O-])O. The number of rotatable bonds is 4. The fourth-order valence-electron chi connectivity index (χ4n) is 3.14. The largest absolute Gasteiger partial charge is 0.416 e. The average Bonchev–Trinajstić information content (AvgIpc) is 3.31. The van der Waals surface area contributed by atoms with Gasteiger partial charge in [0, 0.05) is 11.6 Å². The van der Waals surface area contributed by atoms with Gasteiger partial charge in [0.05, 0.1) is 17.1 Å². The van der Waals surface area contributed by atoms with Crippen molar-refractivity contribution in [2.24, 2.45) is 0 Å². The van der Waals surface area contributed by atoms with Crippen molar-refractivity contribution in [1.82, 2.24) is 19.7 Å². The highest BCUT2D eigenvalue weighted by atomic mass is 19.4. The number of alkyl halides is 3. The number of nitrogens with zero attached hydrogens (tertiary/aromatic N) is 6. The molecule has 0 radical (unpaired) electrons. The van der Waals surface area contributed by atoms with Crippen molar-refractivity contribution in [3.8, 4) is 0 Å². The van der Waals surface area contributed by atoms with E-state index in [2.05, 4.69) is 15.1 Å². The van der Waals surface area contributed by atoms with Gasteiger partial charge in [-0.1, -0.05) is 30.3 Å². The number of benzene rings is 2. The van der Waals surface area contributed by atoms with Crippen LogP contribution in [0, 0.1) is 20.2 Å². The Balaban J connectivity index is 0.000000473. The van der Waals surface area contributed by atoms with Crippen molar-refractivity contribution in [3.63, 3.8) is 0 Å². The molecule has 0 aliphatic heterocycles. The van der Waals surface area contributed by atoms with E-state index in [-0.39, 0.29) is 6.04 Å². The fourth-order valence-corrected chi connectivity index (χ4v) is 3.14. The molecular weight excluding hydrogens is 477 g/mol. The second kappa shape index (κ2) is 11.9. The molecule has 0 saturated carbocycles. The molecule has 1 unspecified atom stereocenters. The molecule has 2 aromatic heterocycles. The molecule has 0 aliphatic rings. The fraction of sp³-hybridized carbons (Fsp3) is 0.150. The number of fused-ring (bicyclic) bond motifs is 1. The topological polar surface area (TPSA) is 170 Å². The lowest BCUT2D eigenvalue weighted by Gasteiger charge is -2.19. The second-order valence-corrected chi connectivity index (χ2v) is 6.72. The molecule has 15 heteroatoms. The first-order chi connectivity index (χ1) is 16.5. The van der Waals surface area contributed by atoms with E-state index in [0.29, 0.717) is 12.0 Å². The Morgan fingerprint density at radius 2 is 1.69 bits per heavy atom. The summed E-state index contributed by atoms with van der Waals surface area (Å²) in [5.74, 6) is 0. The molecule has 35 heavy (non-hydrogen) atoms. The van der Waals surface area contributed by atoms with Crippen molar-refractivity contribution in [2.45, 2.75) is 18.6 Å². The van der Waals surface area contributed by atoms with Gasteiger partial charge in [-0.25, -0.2) is 9.67 Å². The van der Waals surface area contributed by atoms with Crippen LogP contribution in [0.2, 0.25) is 0 Å². The van der Waals surface area contributed by atoms with E-state index in [0.717, 1.165) is 22.5 Å². The molecule has 2 N–H and O–H groups in total. The van der Waals surface area contributed by atoms with Crippen molar-refractivity contribution in [1.29, 1.82) is 0 Å². The first kappa shape index (κ1) is 26.4. The van der Waals surface area contributed by atoms with Crippen LogP contribution < -0.4 is 0 Å². The molecule has 4 aromatic rings. The average molecular weight is 494 g/mol. The van der Waals surface area contributed by atoms with E-state index in [9.17, 15) is 13.2 Å². The van der Waals surface area contributed by atoms with Crippen LogP contribution >= 0.6 is 0 Å². The van der Waals surface area contributed by atoms with Crippen molar-refractivity contribution in [3.05, 3.63) is 110 Å². The Morgan fingerprint density at radius 3 is 2.29 bits per heavy atom. The second-order valence-electron chi connectivity index (χ2n) is 6.72. The van der Waals surface area contributed by atoms with Gasteiger partial charge in [-0.05, 0) is 41.8 Å². The highest BCUT2D eigenvalue weighted by molar-refractivity contribution is 5.79. The van der Waals surface area contributed by atoms with Gasteiger partial charge in [-0.3, -0.25) is 4.98 Å². The molecule has 0 fully saturated rings. The molecule has 2 heterocycles. The molecule has 0 amide bonds.